The minimum absolute atomic E-state index is 0.169. The van der Waals surface area contributed by atoms with Crippen molar-refractivity contribution in [1.82, 2.24) is 20.6 Å². The van der Waals surface area contributed by atoms with Gasteiger partial charge in [0.05, 0.1) is 0 Å². The second kappa shape index (κ2) is 6.97. The Hall–Kier alpha value is -1.99. The monoisotopic (exact) mass is 291 g/mol. The summed E-state index contributed by atoms with van der Waals surface area (Å²) < 4.78 is 0. The zero-order valence-corrected chi connectivity index (χ0v) is 12.2. The Morgan fingerprint density at radius 2 is 2.30 bits per heavy atom. The van der Waals surface area contributed by atoms with Gasteiger partial charge in [-0.05, 0) is 26.1 Å². The van der Waals surface area contributed by atoms with E-state index in [0.29, 0.717) is 23.2 Å². The lowest BCUT2D eigenvalue weighted by Crippen LogP contribution is -2.37. The number of nitrogens with one attached hydrogen (secondary N) is 3. The van der Waals surface area contributed by atoms with Gasteiger partial charge >= 0.3 is 0 Å². The Labute approximate surface area is 121 Å². The molecule has 0 fully saturated rings. The second-order valence-corrected chi connectivity index (χ2v) is 5.14. The van der Waals surface area contributed by atoms with Gasteiger partial charge in [-0.1, -0.05) is 6.07 Å². The number of amides is 1. The van der Waals surface area contributed by atoms with Gasteiger partial charge in [-0.15, -0.1) is 11.3 Å². The van der Waals surface area contributed by atoms with Crippen LogP contribution >= 0.6 is 11.3 Å². The number of rotatable bonds is 6. The maximum atomic E-state index is 11.9. The molecule has 0 spiro atoms. The summed E-state index contributed by atoms with van der Waals surface area (Å²) in [4.78, 5) is 20.3. The minimum Gasteiger partial charge on any atom is -0.349 e. The van der Waals surface area contributed by atoms with Gasteiger partial charge in [0.25, 0.3) is 5.91 Å². The van der Waals surface area contributed by atoms with E-state index in [-0.39, 0.29) is 11.9 Å². The van der Waals surface area contributed by atoms with Gasteiger partial charge < -0.3 is 16.0 Å². The average molecular weight is 291 g/mol. The highest BCUT2D eigenvalue weighted by molar-refractivity contribution is 7.14. The first kappa shape index (κ1) is 14.4. The number of pyridine rings is 1. The zero-order valence-electron chi connectivity index (χ0n) is 11.4. The number of hydrogen-bond acceptors (Lipinski definition) is 6. The molecular weight excluding hydrogens is 274 g/mol. The molecule has 0 saturated heterocycles. The Morgan fingerprint density at radius 3 is 3.00 bits per heavy atom. The summed E-state index contributed by atoms with van der Waals surface area (Å²) in [5.41, 5.74) is 0.414. The molecule has 1 amide bonds. The van der Waals surface area contributed by atoms with Crippen LogP contribution in [0, 0.1) is 0 Å². The molecule has 1 unspecified atom stereocenters. The molecule has 0 aliphatic rings. The number of likely N-dealkylation sites (N-methyl/N-ethyl adjacent to an activating group) is 1. The number of carbonyl (C=O) groups is 1. The van der Waals surface area contributed by atoms with Crippen molar-refractivity contribution in [2.24, 2.45) is 0 Å². The molecule has 1 atom stereocenters. The molecular formula is C13H17N5OS. The third kappa shape index (κ3) is 4.01. The van der Waals surface area contributed by atoms with E-state index >= 15 is 0 Å². The number of hydrogen-bond donors (Lipinski definition) is 3. The topological polar surface area (TPSA) is 78.9 Å². The van der Waals surface area contributed by atoms with Crippen molar-refractivity contribution in [2.45, 2.75) is 13.0 Å². The number of thiazole rings is 1. The first-order valence-electron chi connectivity index (χ1n) is 6.28. The van der Waals surface area contributed by atoms with Crippen LogP contribution in [0.2, 0.25) is 0 Å². The smallest absolute Gasteiger partial charge is 0.270 e. The van der Waals surface area contributed by atoms with E-state index < -0.39 is 0 Å². The molecule has 3 N–H and O–H groups in total. The summed E-state index contributed by atoms with van der Waals surface area (Å²) in [6.45, 7) is 2.56. The van der Waals surface area contributed by atoms with E-state index in [0.717, 1.165) is 0 Å². The largest absolute Gasteiger partial charge is 0.349 e. The molecule has 0 aliphatic heterocycles. The fourth-order valence-electron chi connectivity index (χ4n) is 1.42. The molecule has 2 heterocycles. The molecule has 7 heteroatoms. The Bertz CT molecular complexity index is 557. The van der Waals surface area contributed by atoms with Gasteiger partial charge in [0, 0.05) is 24.2 Å². The molecule has 6 nitrogen and oxygen atoms in total. The van der Waals surface area contributed by atoms with Crippen LogP contribution < -0.4 is 16.0 Å². The first-order chi connectivity index (χ1) is 9.69. The van der Waals surface area contributed by atoms with E-state index in [4.69, 9.17) is 0 Å². The van der Waals surface area contributed by atoms with Gasteiger partial charge in [-0.2, -0.15) is 0 Å². The SMILES string of the molecule is CNC(C)CNC(=O)c1csc(Nc2ccccn2)n1. The van der Waals surface area contributed by atoms with E-state index in [1.54, 1.807) is 11.6 Å². The van der Waals surface area contributed by atoms with Gasteiger partial charge in [-0.3, -0.25) is 4.79 Å². The van der Waals surface area contributed by atoms with Crippen molar-refractivity contribution >= 4 is 28.2 Å². The normalized spacial score (nSPS) is 11.9. The standard InChI is InChI=1S/C13H17N5OS/c1-9(14-2)7-16-12(19)10-8-20-13(17-10)18-11-5-3-4-6-15-11/h3-6,8-9,14H,7H2,1-2H3,(H,16,19)(H,15,17,18). The van der Waals surface area contributed by atoms with Crippen molar-refractivity contribution in [2.75, 3.05) is 18.9 Å². The van der Waals surface area contributed by atoms with E-state index in [9.17, 15) is 4.79 Å². The predicted molar refractivity (Wildman–Crippen MR) is 80.5 cm³/mol. The van der Waals surface area contributed by atoms with Gasteiger partial charge in [0.1, 0.15) is 11.5 Å². The zero-order chi connectivity index (χ0) is 14.4. The van der Waals surface area contributed by atoms with E-state index in [2.05, 4.69) is 25.9 Å². The lowest BCUT2D eigenvalue weighted by atomic mass is 10.3. The molecule has 0 bridgehead atoms. The molecule has 0 aliphatic carbocycles. The summed E-state index contributed by atoms with van der Waals surface area (Å²) in [6.07, 6.45) is 1.70. The molecule has 0 aromatic carbocycles. The lowest BCUT2D eigenvalue weighted by molar-refractivity contribution is 0.0946. The van der Waals surface area contributed by atoms with Crippen molar-refractivity contribution in [3.63, 3.8) is 0 Å². The predicted octanol–water partition coefficient (Wildman–Crippen LogP) is 1.62. The van der Waals surface area contributed by atoms with Crippen LogP contribution in [0.25, 0.3) is 0 Å². The molecule has 106 valence electrons. The minimum atomic E-state index is -0.169. The molecule has 2 aromatic rings. The van der Waals surface area contributed by atoms with Gasteiger partial charge in [0.2, 0.25) is 0 Å². The van der Waals surface area contributed by atoms with Crippen LogP contribution in [0.5, 0.6) is 0 Å². The number of aromatic nitrogens is 2. The Morgan fingerprint density at radius 1 is 1.45 bits per heavy atom. The van der Waals surface area contributed by atoms with Crippen LogP contribution in [-0.4, -0.2) is 35.5 Å². The lowest BCUT2D eigenvalue weighted by Gasteiger charge is -2.10. The fraction of sp³-hybridized carbons (Fsp3) is 0.308. The van der Waals surface area contributed by atoms with Crippen molar-refractivity contribution < 1.29 is 4.79 Å². The van der Waals surface area contributed by atoms with Crippen molar-refractivity contribution in [1.29, 1.82) is 0 Å². The highest BCUT2D eigenvalue weighted by Crippen LogP contribution is 2.19. The third-order valence-corrected chi connectivity index (χ3v) is 3.46. The highest BCUT2D eigenvalue weighted by atomic mass is 32.1. The molecule has 0 radical (unpaired) electrons. The van der Waals surface area contributed by atoms with Gasteiger partial charge in [0.15, 0.2) is 5.13 Å². The fourth-order valence-corrected chi connectivity index (χ4v) is 2.12. The highest BCUT2D eigenvalue weighted by Gasteiger charge is 2.11. The summed E-state index contributed by atoms with van der Waals surface area (Å²) >= 11 is 1.37. The van der Waals surface area contributed by atoms with Crippen LogP contribution in [0.3, 0.4) is 0 Å². The Kier molecular flexibility index (Phi) is 5.03. The van der Waals surface area contributed by atoms with Crippen LogP contribution in [0.4, 0.5) is 10.9 Å². The number of anilines is 2. The van der Waals surface area contributed by atoms with Crippen molar-refractivity contribution in [3.8, 4) is 0 Å². The number of carbonyl (C=O) groups excluding carboxylic acids is 1. The molecule has 2 rings (SSSR count). The third-order valence-electron chi connectivity index (χ3n) is 2.70. The van der Waals surface area contributed by atoms with Crippen LogP contribution in [0.1, 0.15) is 17.4 Å². The summed E-state index contributed by atoms with van der Waals surface area (Å²) in [5.74, 6) is 0.537. The first-order valence-corrected chi connectivity index (χ1v) is 7.16. The average Bonchev–Trinajstić information content (AvgIpc) is 2.94. The van der Waals surface area contributed by atoms with Crippen LogP contribution in [0.15, 0.2) is 29.8 Å². The molecule has 20 heavy (non-hydrogen) atoms. The van der Waals surface area contributed by atoms with Crippen molar-refractivity contribution in [3.05, 3.63) is 35.5 Å². The maximum absolute atomic E-state index is 11.9. The Balaban J connectivity index is 1.93. The molecule has 0 saturated carbocycles. The van der Waals surface area contributed by atoms with E-state index in [1.165, 1.54) is 11.3 Å². The van der Waals surface area contributed by atoms with Crippen LogP contribution in [-0.2, 0) is 0 Å². The second-order valence-electron chi connectivity index (χ2n) is 4.28. The number of nitrogens with zero attached hydrogens (tertiary/aromatic N) is 2. The summed E-state index contributed by atoms with van der Waals surface area (Å²) in [5, 5.41) is 11.3. The van der Waals surface area contributed by atoms with Gasteiger partial charge in [-0.25, -0.2) is 9.97 Å². The quantitative estimate of drug-likeness (QED) is 0.754. The van der Waals surface area contributed by atoms with E-state index in [1.807, 2.05) is 32.2 Å². The summed E-state index contributed by atoms with van der Waals surface area (Å²) in [6, 6.07) is 5.80. The summed E-state index contributed by atoms with van der Waals surface area (Å²) in [7, 11) is 1.86. The maximum Gasteiger partial charge on any atom is 0.270 e. The molecule has 2 aromatic heterocycles.